The second-order valence-electron chi connectivity index (χ2n) is 4.34. The Bertz CT molecular complexity index is 396. The third-order valence-electron chi connectivity index (χ3n) is 2.84. The summed E-state index contributed by atoms with van der Waals surface area (Å²) in [6, 6.07) is -0.675. The highest BCUT2D eigenvalue weighted by Gasteiger charge is 2.28. The Morgan fingerprint density at radius 2 is 1.81 bits per heavy atom. The van der Waals surface area contributed by atoms with E-state index in [1.165, 1.54) is 7.05 Å². The van der Waals surface area contributed by atoms with Gasteiger partial charge in [0, 0.05) is 12.6 Å². The Morgan fingerprint density at radius 3 is 2.12 bits per heavy atom. The molecule has 0 aliphatic carbocycles. The van der Waals surface area contributed by atoms with Gasteiger partial charge in [0.1, 0.15) is 0 Å². The van der Waals surface area contributed by atoms with Crippen LogP contribution in [0.3, 0.4) is 0 Å². The van der Waals surface area contributed by atoms with Gasteiger partial charge in [0.15, 0.2) is 11.7 Å². The maximum atomic E-state index is 12.0. The lowest BCUT2D eigenvalue weighted by Crippen LogP contribution is -2.35. The van der Waals surface area contributed by atoms with E-state index in [-0.39, 0.29) is 29.0 Å². The number of aromatic hydroxyl groups is 2. The first kappa shape index (κ1) is 12.6. The molecular formula is C11H18N2O3. The van der Waals surface area contributed by atoms with Gasteiger partial charge in [-0.2, -0.15) is 0 Å². The number of nitrogens with zero attached hydrogens (tertiary/aromatic N) is 1. The molecule has 0 amide bonds. The number of nitrogens with two attached hydrogens (primary N) is 1. The van der Waals surface area contributed by atoms with Gasteiger partial charge in [-0.15, -0.1) is 0 Å². The molecule has 0 saturated heterocycles. The average molecular weight is 226 g/mol. The van der Waals surface area contributed by atoms with Crippen LogP contribution in [0.1, 0.15) is 29.8 Å². The molecule has 0 fully saturated rings. The molecule has 0 bridgehead atoms. The number of aromatic nitrogens is 1. The smallest absolute Gasteiger partial charge is 0.205 e. The predicted octanol–water partition coefficient (Wildman–Crippen LogP) is 0.911. The number of carbonyl (C=O) groups excluding carboxylic acids is 1. The predicted molar refractivity (Wildman–Crippen MR) is 60.6 cm³/mol. The lowest BCUT2D eigenvalue weighted by Gasteiger charge is -2.14. The van der Waals surface area contributed by atoms with E-state index in [0.717, 1.165) is 4.57 Å². The van der Waals surface area contributed by atoms with Crippen LogP contribution in [0.4, 0.5) is 0 Å². The fourth-order valence-corrected chi connectivity index (χ4v) is 1.56. The SMILES string of the molecule is Cc1c(C(=O)[C@@H](N)C(C)C)c(O)n(C)c1O. The number of carbonyl (C=O) groups is 1. The lowest BCUT2D eigenvalue weighted by atomic mass is 9.95. The van der Waals surface area contributed by atoms with Crippen molar-refractivity contribution in [2.45, 2.75) is 26.8 Å². The zero-order valence-corrected chi connectivity index (χ0v) is 9.98. The normalized spacial score (nSPS) is 13.1. The molecular weight excluding hydrogens is 208 g/mol. The van der Waals surface area contributed by atoms with Crippen molar-refractivity contribution in [3.8, 4) is 11.8 Å². The monoisotopic (exact) mass is 226 g/mol. The number of hydrogen-bond donors (Lipinski definition) is 3. The molecule has 5 nitrogen and oxygen atoms in total. The molecule has 0 aliphatic rings. The Kier molecular flexibility index (Phi) is 3.28. The van der Waals surface area contributed by atoms with Crippen molar-refractivity contribution >= 4 is 5.78 Å². The zero-order chi connectivity index (χ0) is 12.6. The van der Waals surface area contributed by atoms with Crippen molar-refractivity contribution in [1.82, 2.24) is 4.57 Å². The summed E-state index contributed by atoms with van der Waals surface area (Å²) in [4.78, 5) is 12.0. The van der Waals surface area contributed by atoms with E-state index in [4.69, 9.17) is 5.73 Å². The highest BCUT2D eigenvalue weighted by molar-refractivity contribution is 6.04. The van der Waals surface area contributed by atoms with Crippen LogP contribution in [0, 0.1) is 12.8 Å². The molecule has 1 aromatic rings. The summed E-state index contributed by atoms with van der Waals surface area (Å²) in [5.41, 5.74) is 6.21. The highest BCUT2D eigenvalue weighted by atomic mass is 16.3. The molecule has 4 N–H and O–H groups in total. The third-order valence-corrected chi connectivity index (χ3v) is 2.84. The summed E-state index contributed by atoms with van der Waals surface area (Å²) in [6.45, 7) is 5.24. The van der Waals surface area contributed by atoms with Crippen molar-refractivity contribution < 1.29 is 15.0 Å². The van der Waals surface area contributed by atoms with Gasteiger partial charge in [-0.3, -0.25) is 9.36 Å². The van der Waals surface area contributed by atoms with Crippen LogP contribution in [0.15, 0.2) is 0 Å². The third kappa shape index (κ3) is 1.78. The second kappa shape index (κ2) is 4.17. The number of Topliss-reactive ketones (excluding diaryl/α,β-unsaturated/α-hetero) is 1. The topological polar surface area (TPSA) is 88.5 Å². The minimum Gasteiger partial charge on any atom is -0.494 e. The van der Waals surface area contributed by atoms with Gasteiger partial charge in [0.2, 0.25) is 5.88 Å². The molecule has 0 unspecified atom stereocenters. The van der Waals surface area contributed by atoms with Gasteiger partial charge >= 0.3 is 0 Å². The Hall–Kier alpha value is -1.49. The molecule has 0 radical (unpaired) electrons. The maximum Gasteiger partial charge on any atom is 0.205 e. The highest BCUT2D eigenvalue weighted by Crippen LogP contribution is 2.32. The molecule has 1 aromatic heterocycles. The summed E-state index contributed by atoms with van der Waals surface area (Å²) in [6.07, 6.45) is 0. The fraction of sp³-hybridized carbons (Fsp3) is 0.545. The quantitative estimate of drug-likeness (QED) is 0.668. The van der Waals surface area contributed by atoms with Gasteiger partial charge < -0.3 is 15.9 Å². The number of hydrogen-bond acceptors (Lipinski definition) is 4. The Balaban J connectivity index is 3.24. The van der Waals surface area contributed by atoms with Gasteiger partial charge in [-0.1, -0.05) is 13.8 Å². The first-order valence-corrected chi connectivity index (χ1v) is 5.16. The zero-order valence-electron chi connectivity index (χ0n) is 9.98. The standard InChI is InChI=1S/C11H18N2O3/c1-5(2)8(12)9(14)7-6(3)10(15)13(4)11(7)16/h5,8,15-16H,12H2,1-4H3/t8-/m0/s1. The molecule has 16 heavy (non-hydrogen) atoms. The van der Waals surface area contributed by atoms with E-state index in [1.54, 1.807) is 6.92 Å². The fourth-order valence-electron chi connectivity index (χ4n) is 1.56. The molecule has 5 heteroatoms. The lowest BCUT2D eigenvalue weighted by molar-refractivity contribution is 0.0937. The van der Waals surface area contributed by atoms with E-state index < -0.39 is 6.04 Å². The van der Waals surface area contributed by atoms with Gasteiger partial charge in [-0.05, 0) is 12.8 Å². The van der Waals surface area contributed by atoms with Crippen LogP contribution >= 0.6 is 0 Å². The van der Waals surface area contributed by atoms with Crippen molar-refractivity contribution in [2.75, 3.05) is 0 Å². The molecule has 1 atom stereocenters. The van der Waals surface area contributed by atoms with Crippen molar-refractivity contribution in [3.05, 3.63) is 11.1 Å². The minimum atomic E-state index is -0.675. The molecule has 0 aromatic carbocycles. The van der Waals surface area contributed by atoms with Crippen LogP contribution in [0.25, 0.3) is 0 Å². The summed E-state index contributed by atoms with van der Waals surface area (Å²) in [5, 5.41) is 19.3. The number of rotatable bonds is 3. The summed E-state index contributed by atoms with van der Waals surface area (Å²) < 4.78 is 1.16. The molecule has 0 aliphatic heterocycles. The largest absolute Gasteiger partial charge is 0.494 e. The van der Waals surface area contributed by atoms with Gasteiger partial charge in [0.05, 0.1) is 11.6 Å². The summed E-state index contributed by atoms with van der Waals surface area (Å²) in [5.74, 6) is -0.720. The van der Waals surface area contributed by atoms with Crippen molar-refractivity contribution in [3.63, 3.8) is 0 Å². The molecule has 0 spiro atoms. The molecule has 0 saturated carbocycles. The van der Waals surface area contributed by atoms with Crippen LogP contribution in [0.2, 0.25) is 0 Å². The van der Waals surface area contributed by atoms with E-state index in [2.05, 4.69) is 0 Å². The van der Waals surface area contributed by atoms with Crippen LogP contribution in [0.5, 0.6) is 11.8 Å². The maximum absolute atomic E-state index is 12.0. The second-order valence-corrected chi connectivity index (χ2v) is 4.34. The first-order valence-electron chi connectivity index (χ1n) is 5.16. The van der Waals surface area contributed by atoms with Crippen LogP contribution in [-0.4, -0.2) is 26.6 Å². The van der Waals surface area contributed by atoms with Crippen molar-refractivity contribution in [2.24, 2.45) is 18.7 Å². The van der Waals surface area contributed by atoms with E-state index in [9.17, 15) is 15.0 Å². The average Bonchev–Trinajstić information content (AvgIpc) is 2.41. The van der Waals surface area contributed by atoms with E-state index in [0.29, 0.717) is 5.56 Å². The van der Waals surface area contributed by atoms with E-state index >= 15 is 0 Å². The van der Waals surface area contributed by atoms with Crippen LogP contribution < -0.4 is 5.73 Å². The Labute approximate surface area is 94.5 Å². The number of ketones is 1. The minimum absolute atomic E-state index is 0.0198. The van der Waals surface area contributed by atoms with E-state index in [1.807, 2.05) is 13.8 Å². The first-order chi connectivity index (χ1) is 7.29. The van der Waals surface area contributed by atoms with Crippen molar-refractivity contribution in [1.29, 1.82) is 0 Å². The van der Waals surface area contributed by atoms with Gasteiger partial charge in [-0.25, -0.2) is 0 Å². The molecule has 1 rings (SSSR count). The molecule has 90 valence electrons. The van der Waals surface area contributed by atoms with Crippen LogP contribution in [-0.2, 0) is 7.05 Å². The summed E-state index contributed by atoms with van der Waals surface area (Å²) >= 11 is 0. The van der Waals surface area contributed by atoms with Gasteiger partial charge in [0.25, 0.3) is 0 Å². The Morgan fingerprint density at radius 1 is 1.31 bits per heavy atom. The molecule has 1 heterocycles. The summed E-state index contributed by atoms with van der Waals surface area (Å²) in [7, 11) is 1.48.